The summed E-state index contributed by atoms with van der Waals surface area (Å²) in [5, 5.41) is 12.2. The van der Waals surface area contributed by atoms with Gasteiger partial charge in [-0.05, 0) is 43.0 Å². The lowest BCUT2D eigenvalue weighted by Crippen LogP contribution is -2.41. The summed E-state index contributed by atoms with van der Waals surface area (Å²) in [5.74, 6) is -1.11. The van der Waals surface area contributed by atoms with E-state index in [2.05, 4.69) is 20.3 Å². The fourth-order valence-electron chi connectivity index (χ4n) is 4.24. The molecule has 0 spiro atoms. The SMILES string of the molecule is Cc1ccc(Nc2cnc(-c3ccc4c(c3)CCC(CC(=O)O)(CC(F)(F)F)C4=O)cn2)nc1. The quantitative estimate of drug-likeness (QED) is 0.514. The van der Waals surface area contributed by atoms with Crippen LogP contribution < -0.4 is 5.32 Å². The fourth-order valence-corrected chi connectivity index (χ4v) is 4.24. The number of carboxylic acids is 1. The van der Waals surface area contributed by atoms with Crippen molar-refractivity contribution in [1.29, 1.82) is 0 Å². The predicted molar refractivity (Wildman–Crippen MR) is 118 cm³/mol. The number of fused-ring (bicyclic) bond motifs is 1. The topological polar surface area (TPSA) is 105 Å². The smallest absolute Gasteiger partial charge is 0.390 e. The second kappa shape index (κ2) is 8.85. The van der Waals surface area contributed by atoms with Crippen molar-refractivity contribution in [2.75, 3.05) is 5.32 Å². The molecule has 7 nitrogen and oxygen atoms in total. The number of aromatic nitrogens is 3. The molecule has 1 aromatic carbocycles. The Morgan fingerprint density at radius 2 is 1.85 bits per heavy atom. The van der Waals surface area contributed by atoms with Gasteiger partial charge in [0.1, 0.15) is 11.6 Å². The van der Waals surface area contributed by atoms with E-state index in [1.54, 1.807) is 24.5 Å². The first-order chi connectivity index (χ1) is 16.0. The van der Waals surface area contributed by atoms with E-state index in [1.165, 1.54) is 12.3 Å². The van der Waals surface area contributed by atoms with Crippen LogP contribution in [-0.4, -0.2) is 38.0 Å². The van der Waals surface area contributed by atoms with Gasteiger partial charge in [0.25, 0.3) is 0 Å². The van der Waals surface area contributed by atoms with Gasteiger partial charge in [-0.25, -0.2) is 9.97 Å². The van der Waals surface area contributed by atoms with Gasteiger partial charge in [0.2, 0.25) is 0 Å². The van der Waals surface area contributed by atoms with Crippen LogP contribution in [0.3, 0.4) is 0 Å². The van der Waals surface area contributed by atoms with Crippen LogP contribution in [0.1, 0.15) is 40.7 Å². The van der Waals surface area contributed by atoms with Gasteiger partial charge in [-0.3, -0.25) is 14.6 Å². The number of halogens is 3. The van der Waals surface area contributed by atoms with Crippen molar-refractivity contribution in [3.05, 3.63) is 65.6 Å². The molecule has 176 valence electrons. The molecule has 2 heterocycles. The number of alkyl halides is 3. The molecule has 2 aromatic heterocycles. The van der Waals surface area contributed by atoms with E-state index >= 15 is 0 Å². The van der Waals surface area contributed by atoms with Crippen molar-refractivity contribution in [1.82, 2.24) is 15.0 Å². The number of carbonyl (C=O) groups excluding carboxylic acids is 1. The Labute approximate surface area is 193 Å². The summed E-state index contributed by atoms with van der Waals surface area (Å²) in [5.41, 5.74) is 0.901. The Morgan fingerprint density at radius 3 is 2.47 bits per heavy atom. The van der Waals surface area contributed by atoms with Gasteiger partial charge in [0, 0.05) is 17.3 Å². The zero-order valence-electron chi connectivity index (χ0n) is 18.2. The number of nitrogens with zero attached hydrogens (tertiary/aromatic N) is 3. The molecule has 4 rings (SSSR count). The Kier molecular flexibility index (Phi) is 6.07. The van der Waals surface area contributed by atoms with Crippen LogP contribution in [0, 0.1) is 12.3 Å². The van der Waals surface area contributed by atoms with E-state index < -0.39 is 36.2 Å². The maximum absolute atomic E-state index is 13.2. The van der Waals surface area contributed by atoms with Crippen LogP contribution in [0.5, 0.6) is 0 Å². The molecule has 1 atom stereocenters. The zero-order chi connectivity index (χ0) is 24.5. The molecule has 10 heteroatoms. The summed E-state index contributed by atoms with van der Waals surface area (Å²) in [6, 6.07) is 8.45. The second-order valence-electron chi connectivity index (χ2n) is 8.48. The number of carbonyl (C=O) groups is 2. The highest BCUT2D eigenvalue weighted by molar-refractivity contribution is 6.04. The summed E-state index contributed by atoms with van der Waals surface area (Å²) in [4.78, 5) is 37.3. The third-order valence-electron chi connectivity index (χ3n) is 5.85. The van der Waals surface area contributed by atoms with Crippen LogP contribution in [0.4, 0.5) is 24.8 Å². The van der Waals surface area contributed by atoms with E-state index in [1.807, 2.05) is 19.1 Å². The Balaban J connectivity index is 1.57. The molecule has 1 aliphatic carbocycles. The van der Waals surface area contributed by atoms with Gasteiger partial charge >= 0.3 is 12.1 Å². The summed E-state index contributed by atoms with van der Waals surface area (Å²) >= 11 is 0. The first-order valence-corrected chi connectivity index (χ1v) is 10.5. The number of hydrogen-bond donors (Lipinski definition) is 2. The van der Waals surface area contributed by atoms with Crippen molar-refractivity contribution in [2.45, 2.75) is 38.8 Å². The maximum Gasteiger partial charge on any atom is 0.390 e. The maximum atomic E-state index is 13.2. The molecule has 0 bridgehead atoms. The number of nitrogens with one attached hydrogen (secondary N) is 1. The number of carboxylic acid groups (broad SMARTS) is 1. The minimum atomic E-state index is -4.65. The van der Waals surface area contributed by atoms with Crippen LogP contribution in [0.2, 0.25) is 0 Å². The van der Waals surface area contributed by atoms with Gasteiger partial charge in [-0.1, -0.05) is 18.2 Å². The molecule has 34 heavy (non-hydrogen) atoms. The Morgan fingerprint density at radius 1 is 1.09 bits per heavy atom. The molecule has 0 saturated heterocycles. The molecule has 0 amide bonds. The number of hydrogen-bond acceptors (Lipinski definition) is 6. The van der Waals surface area contributed by atoms with E-state index in [4.69, 9.17) is 0 Å². The van der Waals surface area contributed by atoms with Crippen LogP contribution in [0.25, 0.3) is 11.3 Å². The standard InChI is InChI=1S/C24H21F3N4O3/c1-14-2-5-19(29-10-14)31-20-12-28-18(11-30-20)16-3-4-17-15(8-16)6-7-23(22(17)34,9-21(32)33)13-24(25,26)27/h2-5,8,10-12H,6-7,9,13H2,1H3,(H,32,33)(H,29,30,31). The van der Waals surface area contributed by atoms with Crippen LogP contribution in [0.15, 0.2) is 48.9 Å². The molecule has 0 aliphatic heterocycles. The summed E-state index contributed by atoms with van der Waals surface area (Å²) in [6.07, 6.45) is -2.20. The van der Waals surface area contributed by atoms with E-state index in [9.17, 15) is 27.9 Å². The largest absolute Gasteiger partial charge is 0.481 e. The second-order valence-corrected chi connectivity index (χ2v) is 8.48. The highest BCUT2D eigenvalue weighted by atomic mass is 19.4. The van der Waals surface area contributed by atoms with Crippen molar-refractivity contribution in [3.8, 4) is 11.3 Å². The highest BCUT2D eigenvalue weighted by Crippen LogP contribution is 2.46. The monoisotopic (exact) mass is 470 g/mol. The number of aliphatic carboxylic acids is 1. The lowest BCUT2D eigenvalue weighted by atomic mass is 9.66. The first kappa shape index (κ1) is 23.3. The number of aryl methyl sites for hydroxylation is 2. The summed E-state index contributed by atoms with van der Waals surface area (Å²) in [7, 11) is 0. The summed E-state index contributed by atoms with van der Waals surface area (Å²) < 4.78 is 39.6. The highest BCUT2D eigenvalue weighted by Gasteiger charge is 2.50. The minimum Gasteiger partial charge on any atom is -0.481 e. The van der Waals surface area contributed by atoms with E-state index in [0.29, 0.717) is 28.5 Å². The number of Topliss-reactive ketones (excluding diaryl/α,β-unsaturated/α-hetero) is 1. The minimum absolute atomic E-state index is 0.122. The number of benzene rings is 1. The number of rotatable bonds is 6. The van der Waals surface area contributed by atoms with Gasteiger partial charge in [-0.15, -0.1) is 0 Å². The lowest BCUT2D eigenvalue weighted by Gasteiger charge is -2.36. The molecular formula is C24H21F3N4O3. The molecule has 1 aliphatic rings. The molecule has 0 fully saturated rings. The Hall–Kier alpha value is -3.82. The number of anilines is 2. The van der Waals surface area contributed by atoms with Crippen molar-refractivity contribution in [3.63, 3.8) is 0 Å². The third-order valence-corrected chi connectivity index (χ3v) is 5.85. The fraction of sp³-hybridized carbons (Fsp3) is 0.292. The van der Waals surface area contributed by atoms with E-state index in [0.717, 1.165) is 5.56 Å². The van der Waals surface area contributed by atoms with E-state index in [-0.39, 0.29) is 18.4 Å². The average molecular weight is 470 g/mol. The molecule has 3 aromatic rings. The van der Waals surface area contributed by atoms with Crippen molar-refractivity contribution in [2.24, 2.45) is 5.41 Å². The molecule has 0 saturated carbocycles. The summed E-state index contributed by atoms with van der Waals surface area (Å²) in [6.45, 7) is 1.93. The molecule has 2 N–H and O–H groups in total. The third kappa shape index (κ3) is 5.05. The number of ketones is 1. The average Bonchev–Trinajstić information content (AvgIpc) is 2.77. The zero-order valence-corrected chi connectivity index (χ0v) is 18.2. The Bertz CT molecular complexity index is 1230. The van der Waals surface area contributed by atoms with Gasteiger partial charge < -0.3 is 10.4 Å². The van der Waals surface area contributed by atoms with Gasteiger partial charge in [0.15, 0.2) is 5.78 Å². The first-order valence-electron chi connectivity index (χ1n) is 10.5. The molecule has 0 radical (unpaired) electrons. The lowest BCUT2D eigenvalue weighted by molar-refractivity contribution is -0.160. The van der Waals surface area contributed by atoms with Crippen molar-refractivity contribution < 1.29 is 27.9 Å². The normalized spacial score (nSPS) is 17.8. The number of pyridine rings is 1. The van der Waals surface area contributed by atoms with Crippen LogP contribution >= 0.6 is 0 Å². The van der Waals surface area contributed by atoms with Crippen LogP contribution in [-0.2, 0) is 11.2 Å². The molecular weight excluding hydrogens is 449 g/mol. The van der Waals surface area contributed by atoms with Crippen molar-refractivity contribution >= 4 is 23.4 Å². The molecule has 1 unspecified atom stereocenters. The predicted octanol–water partition coefficient (Wildman–Crippen LogP) is 5.13. The van der Waals surface area contributed by atoms with Gasteiger partial charge in [-0.2, -0.15) is 13.2 Å². The van der Waals surface area contributed by atoms with Gasteiger partial charge in [0.05, 0.1) is 36.3 Å².